The average Bonchev–Trinajstić information content (AvgIpc) is 3.91. The van der Waals surface area contributed by atoms with E-state index in [9.17, 15) is 0 Å². The van der Waals surface area contributed by atoms with E-state index in [1.54, 1.807) is 0 Å². The van der Waals surface area contributed by atoms with Crippen LogP contribution in [0, 0.1) is 0 Å². The van der Waals surface area contributed by atoms with Gasteiger partial charge < -0.3 is 4.57 Å². The van der Waals surface area contributed by atoms with E-state index in [-0.39, 0.29) is 10.8 Å². The molecule has 3 heterocycles. The molecule has 302 valence electrons. The molecule has 0 N–H and O–H groups in total. The lowest BCUT2D eigenvalue weighted by atomic mass is 9.82. The summed E-state index contributed by atoms with van der Waals surface area (Å²) in [6.45, 7) is 9.55. The molecule has 0 aliphatic heterocycles. The van der Waals surface area contributed by atoms with Crippen LogP contribution in [0.1, 0.15) is 45.2 Å². The minimum Gasteiger partial charge on any atom is -0.307 e. The summed E-state index contributed by atoms with van der Waals surface area (Å²) in [7, 11) is 0. The largest absolute Gasteiger partial charge is 0.307 e. The number of para-hydroxylation sites is 2. The van der Waals surface area contributed by atoms with Crippen molar-refractivity contribution < 1.29 is 0 Å². The fourth-order valence-corrected chi connectivity index (χ4v) is 10.7. The van der Waals surface area contributed by atoms with E-state index in [1.807, 2.05) is 24.3 Å². The number of hydrogen-bond acceptors (Lipinski definition) is 3. The summed E-state index contributed by atoms with van der Waals surface area (Å²) in [5.74, 6) is 1.80. The maximum atomic E-state index is 5.41. The number of fused-ring (bicyclic) bond motifs is 8. The molecule has 3 aromatic heterocycles. The molecule has 0 atom stereocenters. The summed E-state index contributed by atoms with van der Waals surface area (Å²) in [5, 5.41) is 4.63. The third-order valence-electron chi connectivity index (χ3n) is 13.4. The molecule has 1 aliphatic carbocycles. The van der Waals surface area contributed by atoms with Gasteiger partial charge in [-0.05, 0) is 81.0 Å². The lowest BCUT2D eigenvalue weighted by Crippen LogP contribution is -2.17. The maximum Gasteiger partial charge on any atom is 0.238 e. The van der Waals surface area contributed by atoms with Crippen molar-refractivity contribution in [3.05, 3.63) is 199 Å². The Morgan fingerprint density at radius 1 is 0.365 bits per heavy atom. The van der Waals surface area contributed by atoms with Crippen LogP contribution < -0.4 is 0 Å². The van der Waals surface area contributed by atoms with Crippen molar-refractivity contribution >= 4 is 43.6 Å². The van der Waals surface area contributed by atoms with E-state index in [2.05, 4.69) is 201 Å². The Morgan fingerprint density at radius 2 is 0.873 bits per heavy atom. The zero-order chi connectivity index (χ0) is 42.5. The Balaban J connectivity index is 1.14. The molecule has 0 fully saturated rings. The van der Waals surface area contributed by atoms with Gasteiger partial charge >= 0.3 is 0 Å². The molecule has 5 heteroatoms. The van der Waals surface area contributed by atoms with Gasteiger partial charge in [0.15, 0.2) is 11.6 Å². The summed E-state index contributed by atoms with van der Waals surface area (Å²) in [4.78, 5) is 15.9. The monoisotopic (exact) mass is 811 g/mol. The second-order valence-corrected chi connectivity index (χ2v) is 18.4. The Labute approximate surface area is 367 Å². The van der Waals surface area contributed by atoms with Gasteiger partial charge in [0, 0.05) is 38.4 Å². The standard InChI is InChI=1S/C58H45N5/c1-57(2)36-58(3,4)49-35-41(29-32-48(49)57)40-22-16-24-43(34-40)62-50-27-13-11-25-44(50)46-30-31-47-45-26-12-14-28-51(45)63(53(47)52(46)62)56-60-54(38-19-9-6-10-20-38)59-55(61-56)42-23-15-21-39(33-42)37-17-7-5-8-18-37/h5-35H,36H2,1-4H3. The highest BCUT2D eigenvalue weighted by molar-refractivity contribution is 6.23. The van der Waals surface area contributed by atoms with Gasteiger partial charge in [0.25, 0.3) is 0 Å². The maximum absolute atomic E-state index is 5.41. The van der Waals surface area contributed by atoms with Gasteiger partial charge in [-0.1, -0.05) is 185 Å². The van der Waals surface area contributed by atoms with Crippen molar-refractivity contribution in [1.82, 2.24) is 24.1 Å². The molecule has 0 saturated heterocycles. The summed E-state index contributed by atoms with van der Waals surface area (Å²) < 4.78 is 4.73. The van der Waals surface area contributed by atoms with E-state index in [0.29, 0.717) is 17.6 Å². The zero-order valence-corrected chi connectivity index (χ0v) is 35.8. The molecule has 0 unspecified atom stereocenters. The summed E-state index contributed by atoms with van der Waals surface area (Å²) in [6.07, 6.45) is 1.14. The van der Waals surface area contributed by atoms with Crippen LogP contribution in [0.15, 0.2) is 188 Å². The highest BCUT2D eigenvalue weighted by Crippen LogP contribution is 2.50. The quantitative estimate of drug-likeness (QED) is 0.168. The van der Waals surface area contributed by atoms with Gasteiger partial charge in [0.1, 0.15) is 0 Å². The van der Waals surface area contributed by atoms with Crippen molar-refractivity contribution in [3.63, 3.8) is 0 Å². The molecular weight excluding hydrogens is 767 g/mol. The third-order valence-corrected chi connectivity index (χ3v) is 13.4. The zero-order valence-electron chi connectivity index (χ0n) is 35.8. The average molecular weight is 812 g/mol. The normalized spacial score (nSPS) is 14.2. The molecular formula is C58H45N5. The summed E-state index contributed by atoms with van der Waals surface area (Å²) >= 11 is 0. The van der Waals surface area contributed by atoms with Gasteiger partial charge in [0.2, 0.25) is 5.95 Å². The lowest BCUT2D eigenvalue weighted by molar-refractivity contribution is 0.403. The number of rotatable bonds is 6. The molecule has 0 bridgehead atoms. The molecule has 1 aliphatic rings. The fraction of sp³-hybridized carbons (Fsp3) is 0.121. The minimum absolute atomic E-state index is 0.109. The van der Waals surface area contributed by atoms with E-state index < -0.39 is 0 Å². The van der Waals surface area contributed by atoms with Gasteiger partial charge in [-0.25, -0.2) is 4.98 Å². The Kier molecular flexibility index (Phi) is 8.23. The van der Waals surface area contributed by atoms with Crippen LogP contribution >= 0.6 is 0 Å². The van der Waals surface area contributed by atoms with Crippen molar-refractivity contribution in [3.8, 4) is 56.7 Å². The smallest absolute Gasteiger partial charge is 0.238 e. The SMILES string of the molecule is CC1(C)CC(C)(C)c2cc(-c3cccc(-n4c5ccccc5c5ccc6c7ccccc7n(-c7nc(-c8ccccc8)nc(-c8cccc(-c9ccccc9)c8)n7)c6c54)c3)ccc21. The highest BCUT2D eigenvalue weighted by Gasteiger charge is 2.41. The van der Waals surface area contributed by atoms with E-state index in [4.69, 9.17) is 15.0 Å². The summed E-state index contributed by atoms with van der Waals surface area (Å²) in [5.41, 5.74) is 15.1. The van der Waals surface area contributed by atoms with E-state index >= 15 is 0 Å². The van der Waals surface area contributed by atoms with Gasteiger partial charge in [0.05, 0.1) is 22.1 Å². The van der Waals surface area contributed by atoms with Crippen LogP contribution in [-0.4, -0.2) is 24.1 Å². The highest BCUT2D eigenvalue weighted by atomic mass is 15.2. The van der Waals surface area contributed by atoms with Gasteiger partial charge in [-0.3, -0.25) is 4.57 Å². The Hall–Kier alpha value is -7.63. The van der Waals surface area contributed by atoms with Crippen molar-refractivity contribution in [1.29, 1.82) is 0 Å². The van der Waals surface area contributed by atoms with Crippen molar-refractivity contribution in [2.45, 2.75) is 44.9 Å². The van der Waals surface area contributed by atoms with Crippen LogP contribution in [0.3, 0.4) is 0 Å². The number of aromatic nitrogens is 5. The molecule has 8 aromatic carbocycles. The van der Waals surface area contributed by atoms with Crippen LogP contribution in [0.2, 0.25) is 0 Å². The second kappa shape index (κ2) is 13.9. The molecule has 5 nitrogen and oxygen atoms in total. The van der Waals surface area contributed by atoms with E-state index in [1.165, 1.54) is 33.0 Å². The summed E-state index contributed by atoms with van der Waals surface area (Å²) in [6, 6.07) is 67.4. The molecule has 0 saturated carbocycles. The minimum atomic E-state index is 0.109. The lowest BCUT2D eigenvalue weighted by Gasteiger charge is -2.22. The second-order valence-electron chi connectivity index (χ2n) is 18.4. The third kappa shape index (κ3) is 5.95. The number of benzene rings is 8. The first-order chi connectivity index (χ1) is 30.7. The van der Waals surface area contributed by atoms with Gasteiger partial charge in [-0.2, -0.15) is 9.97 Å². The molecule has 0 spiro atoms. The predicted molar refractivity (Wildman–Crippen MR) is 261 cm³/mol. The van der Waals surface area contributed by atoms with Crippen LogP contribution in [-0.2, 0) is 10.8 Å². The Bertz CT molecular complexity index is 3590. The molecule has 0 amide bonds. The van der Waals surface area contributed by atoms with Crippen molar-refractivity contribution in [2.24, 2.45) is 0 Å². The van der Waals surface area contributed by atoms with Gasteiger partial charge in [-0.15, -0.1) is 0 Å². The first-order valence-electron chi connectivity index (χ1n) is 21.9. The molecule has 11 aromatic rings. The van der Waals surface area contributed by atoms with Crippen LogP contribution in [0.25, 0.3) is 100 Å². The first-order valence-corrected chi connectivity index (χ1v) is 21.9. The Morgan fingerprint density at radius 3 is 1.57 bits per heavy atom. The fourth-order valence-electron chi connectivity index (χ4n) is 10.7. The van der Waals surface area contributed by atoms with Crippen LogP contribution in [0.5, 0.6) is 0 Å². The molecule has 0 radical (unpaired) electrons. The predicted octanol–water partition coefficient (Wildman–Crippen LogP) is 14.7. The molecule has 63 heavy (non-hydrogen) atoms. The topological polar surface area (TPSA) is 48.5 Å². The van der Waals surface area contributed by atoms with E-state index in [0.717, 1.165) is 67.2 Å². The molecule has 12 rings (SSSR count). The van der Waals surface area contributed by atoms with Crippen molar-refractivity contribution in [2.75, 3.05) is 0 Å². The number of nitrogens with zero attached hydrogens (tertiary/aromatic N) is 5. The number of hydrogen-bond donors (Lipinski definition) is 0. The van der Waals surface area contributed by atoms with Crippen LogP contribution in [0.4, 0.5) is 0 Å². The first kappa shape index (κ1) is 37.2.